The Kier molecular flexibility index (Phi) is 3.71. The number of aryl methyl sites for hydroxylation is 1. The maximum atomic E-state index is 13.7. The minimum absolute atomic E-state index is 0.151. The van der Waals surface area contributed by atoms with E-state index in [0.717, 1.165) is 30.8 Å². The lowest BCUT2D eigenvalue weighted by molar-refractivity contribution is 0.612. The molecule has 2 rings (SSSR count). The zero-order valence-corrected chi connectivity index (χ0v) is 11.3. The smallest absolute Gasteiger partial charge is 0.126 e. The van der Waals surface area contributed by atoms with Crippen molar-refractivity contribution in [3.05, 3.63) is 40.7 Å². The van der Waals surface area contributed by atoms with E-state index in [2.05, 4.69) is 17.9 Å². The molecule has 0 spiro atoms. The molecule has 1 aromatic carbocycles. The average Bonchev–Trinajstić information content (AvgIpc) is 2.33. The molecule has 2 N–H and O–H groups in total. The van der Waals surface area contributed by atoms with Crippen LogP contribution in [0.3, 0.4) is 0 Å². The highest BCUT2D eigenvalue weighted by atomic mass is 19.1. The highest BCUT2D eigenvalue weighted by molar-refractivity contribution is 5.58. The maximum absolute atomic E-state index is 13.7. The van der Waals surface area contributed by atoms with Crippen molar-refractivity contribution >= 4 is 5.69 Å². The Bertz CT molecular complexity index is 478. The minimum atomic E-state index is -0.171. The predicted octanol–water partition coefficient (Wildman–Crippen LogP) is 3.31. The Labute approximate surface area is 108 Å². The quantitative estimate of drug-likeness (QED) is 0.814. The van der Waals surface area contributed by atoms with Crippen LogP contribution in [0.25, 0.3) is 0 Å². The van der Waals surface area contributed by atoms with E-state index >= 15 is 0 Å². The molecule has 0 aliphatic carbocycles. The third-order valence-electron chi connectivity index (χ3n) is 3.58. The van der Waals surface area contributed by atoms with E-state index in [-0.39, 0.29) is 11.9 Å². The summed E-state index contributed by atoms with van der Waals surface area (Å²) < 4.78 is 13.7. The Morgan fingerprint density at radius 1 is 1.33 bits per heavy atom. The lowest BCUT2D eigenvalue weighted by Crippen LogP contribution is -2.30. The first-order valence-electron chi connectivity index (χ1n) is 6.45. The molecule has 1 atom stereocenters. The number of hydrogen-bond acceptors (Lipinski definition) is 2. The van der Waals surface area contributed by atoms with Gasteiger partial charge in [-0.15, -0.1) is 0 Å². The van der Waals surface area contributed by atoms with Crippen molar-refractivity contribution in [2.45, 2.75) is 33.2 Å². The van der Waals surface area contributed by atoms with Gasteiger partial charge in [-0.25, -0.2) is 4.39 Å². The molecule has 0 radical (unpaired) electrons. The fourth-order valence-corrected chi connectivity index (χ4v) is 2.31. The number of benzene rings is 1. The molecule has 0 unspecified atom stereocenters. The first kappa shape index (κ1) is 13.1. The van der Waals surface area contributed by atoms with Crippen molar-refractivity contribution in [1.82, 2.24) is 0 Å². The molecule has 98 valence electrons. The molecule has 0 saturated carbocycles. The molecule has 1 aromatic rings. The van der Waals surface area contributed by atoms with Crippen LogP contribution in [0.5, 0.6) is 0 Å². The van der Waals surface area contributed by atoms with E-state index in [1.54, 1.807) is 13.0 Å². The van der Waals surface area contributed by atoms with Crippen molar-refractivity contribution in [3.63, 3.8) is 0 Å². The van der Waals surface area contributed by atoms with Gasteiger partial charge in [-0.1, -0.05) is 11.6 Å². The Balaban J connectivity index is 2.40. The Morgan fingerprint density at radius 3 is 2.61 bits per heavy atom. The third kappa shape index (κ3) is 2.56. The van der Waals surface area contributed by atoms with Gasteiger partial charge in [0.15, 0.2) is 0 Å². The van der Waals surface area contributed by atoms with Gasteiger partial charge in [-0.2, -0.15) is 0 Å². The van der Waals surface area contributed by atoms with Crippen LogP contribution in [-0.2, 0) is 0 Å². The van der Waals surface area contributed by atoms with Gasteiger partial charge in [0.05, 0.1) is 0 Å². The van der Waals surface area contributed by atoms with Crippen molar-refractivity contribution in [3.8, 4) is 0 Å². The maximum Gasteiger partial charge on any atom is 0.126 e. The number of halogens is 1. The second-order valence-electron chi connectivity index (χ2n) is 5.20. The van der Waals surface area contributed by atoms with E-state index in [1.807, 2.05) is 13.0 Å². The number of nitrogens with two attached hydrogens (primary N) is 1. The van der Waals surface area contributed by atoms with Crippen LogP contribution < -0.4 is 10.6 Å². The summed E-state index contributed by atoms with van der Waals surface area (Å²) in [4.78, 5) is 2.28. The second-order valence-corrected chi connectivity index (χ2v) is 5.20. The fourth-order valence-electron chi connectivity index (χ4n) is 2.31. The molecule has 0 fully saturated rings. The van der Waals surface area contributed by atoms with Crippen LogP contribution in [0.2, 0.25) is 0 Å². The summed E-state index contributed by atoms with van der Waals surface area (Å²) in [7, 11) is 0. The van der Waals surface area contributed by atoms with Gasteiger partial charge in [-0.05, 0) is 50.5 Å². The molecule has 0 aromatic heterocycles. The van der Waals surface area contributed by atoms with E-state index in [4.69, 9.17) is 5.73 Å². The minimum Gasteiger partial charge on any atom is -0.367 e. The molecule has 0 amide bonds. The predicted molar refractivity (Wildman–Crippen MR) is 74.3 cm³/mol. The Hall–Kier alpha value is -1.35. The highest BCUT2D eigenvalue weighted by Crippen LogP contribution is 2.30. The summed E-state index contributed by atoms with van der Waals surface area (Å²) in [6.45, 7) is 7.72. The van der Waals surface area contributed by atoms with Crippen LogP contribution in [-0.4, -0.2) is 13.1 Å². The summed E-state index contributed by atoms with van der Waals surface area (Å²) in [6.07, 6.45) is 3.29. The van der Waals surface area contributed by atoms with Crippen LogP contribution >= 0.6 is 0 Å². The summed E-state index contributed by atoms with van der Waals surface area (Å²) in [5.74, 6) is -0.171. The topological polar surface area (TPSA) is 29.3 Å². The standard InChI is InChI=1S/C15H21FN2/c1-10-4-6-18(7-5-10)15-8-11(2)14(16)9-13(15)12(3)17/h4,8-9,12H,5-7,17H2,1-3H3/t12-/m0/s1. The van der Waals surface area contributed by atoms with E-state index in [0.29, 0.717) is 5.56 Å². The fraction of sp³-hybridized carbons (Fsp3) is 0.467. The van der Waals surface area contributed by atoms with Crippen molar-refractivity contribution < 1.29 is 4.39 Å². The number of rotatable bonds is 2. The van der Waals surface area contributed by atoms with E-state index < -0.39 is 0 Å². The number of anilines is 1. The zero-order chi connectivity index (χ0) is 13.3. The second kappa shape index (κ2) is 5.11. The SMILES string of the molecule is CC1=CCN(c2cc(C)c(F)cc2[C@H](C)N)CC1. The molecular weight excluding hydrogens is 227 g/mol. The van der Waals surface area contributed by atoms with Gasteiger partial charge in [0.1, 0.15) is 5.82 Å². The van der Waals surface area contributed by atoms with Crippen LogP contribution in [0.4, 0.5) is 10.1 Å². The van der Waals surface area contributed by atoms with Gasteiger partial charge in [0.2, 0.25) is 0 Å². The normalized spacial score (nSPS) is 17.6. The van der Waals surface area contributed by atoms with Gasteiger partial charge in [-0.3, -0.25) is 0 Å². The van der Waals surface area contributed by atoms with Gasteiger partial charge < -0.3 is 10.6 Å². The van der Waals surface area contributed by atoms with Crippen molar-refractivity contribution in [1.29, 1.82) is 0 Å². The average molecular weight is 248 g/mol. The summed E-state index contributed by atoms with van der Waals surface area (Å²) in [5.41, 5.74) is 10.0. The zero-order valence-electron chi connectivity index (χ0n) is 11.3. The molecule has 1 aliphatic rings. The summed E-state index contributed by atoms with van der Waals surface area (Å²) >= 11 is 0. The first-order valence-corrected chi connectivity index (χ1v) is 6.45. The van der Waals surface area contributed by atoms with Gasteiger partial charge in [0.25, 0.3) is 0 Å². The van der Waals surface area contributed by atoms with E-state index in [1.165, 1.54) is 5.57 Å². The number of nitrogens with zero attached hydrogens (tertiary/aromatic N) is 1. The number of hydrogen-bond donors (Lipinski definition) is 1. The lowest BCUT2D eigenvalue weighted by Gasteiger charge is -2.30. The van der Waals surface area contributed by atoms with Crippen molar-refractivity contribution in [2.24, 2.45) is 5.73 Å². The summed E-state index contributed by atoms with van der Waals surface area (Å²) in [6, 6.07) is 3.35. The van der Waals surface area contributed by atoms with Crippen LogP contribution in [0, 0.1) is 12.7 Å². The van der Waals surface area contributed by atoms with Crippen LogP contribution in [0.1, 0.15) is 37.4 Å². The van der Waals surface area contributed by atoms with Crippen LogP contribution in [0.15, 0.2) is 23.8 Å². The third-order valence-corrected chi connectivity index (χ3v) is 3.58. The molecular formula is C15H21FN2. The monoisotopic (exact) mass is 248 g/mol. The highest BCUT2D eigenvalue weighted by Gasteiger charge is 2.17. The molecule has 3 heteroatoms. The Morgan fingerprint density at radius 2 is 2.06 bits per heavy atom. The first-order chi connectivity index (χ1) is 8.49. The largest absolute Gasteiger partial charge is 0.367 e. The van der Waals surface area contributed by atoms with Gasteiger partial charge >= 0.3 is 0 Å². The lowest BCUT2D eigenvalue weighted by atomic mass is 10.0. The summed E-state index contributed by atoms with van der Waals surface area (Å²) in [5, 5.41) is 0. The molecule has 0 bridgehead atoms. The molecule has 0 saturated heterocycles. The van der Waals surface area contributed by atoms with E-state index in [9.17, 15) is 4.39 Å². The molecule has 1 heterocycles. The van der Waals surface area contributed by atoms with Crippen molar-refractivity contribution in [2.75, 3.05) is 18.0 Å². The molecule has 1 aliphatic heterocycles. The molecule has 18 heavy (non-hydrogen) atoms. The van der Waals surface area contributed by atoms with Gasteiger partial charge in [0, 0.05) is 24.8 Å². The molecule has 2 nitrogen and oxygen atoms in total.